The number of rotatable bonds is 5. The molecule has 4 aromatic rings. The van der Waals surface area contributed by atoms with Crippen molar-refractivity contribution in [3.8, 4) is 22.8 Å². The third kappa shape index (κ3) is 3.38. The van der Waals surface area contributed by atoms with Gasteiger partial charge in [-0.1, -0.05) is 30.3 Å². The lowest BCUT2D eigenvalue weighted by Gasteiger charge is -2.11. The smallest absolute Gasteiger partial charge is 0.209 e. The molecule has 2 aromatic heterocycles. The topological polar surface area (TPSA) is 70.7 Å². The monoisotopic (exact) mass is 392 g/mol. The van der Waals surface area contributed by atoms with E-state index in [1.54, 1.807) is 18.1 Å². The molecule has 0 aliphatic carbocycles. The molecular formula is C20H20N6OS. The summed E-state index contributed by atoms with van der Waals surface area (Å²) in [7, 11) is 1.65. The number of hydrogen-bond donors (Lipinski definition) is 1. The fraction of sp³-hybridized carbons (Fsp3) is 0.200. The van der Waals surface area contributed by atoms with Crippen molar-refractivity contribution >= 4 is 12.6 Å². The number of thiol groups is 1. The van der Waals surface area contributed by atoms with E-state index >= 15 is 0 Å². The van der Waals surface area contributed by atoms with Crippen LogP contribution in [0, 0.1) is 13.8 Å². The summed E-state index contributed by atoms with van der Waals surface area (Å²) in [6, 6.07) is 13.9. The predicted octanol–water partition coefficient (Wildman–Crippen LogP) is 3.49. The van der Waals surface area contributed by atoms with Crippen LogP contribution < -0.4 is 4.74 Å². The molecule has 0 aliphatic rings. The molecule has 2 aromatic carbocycles. The van der Waals surface area contributed by atoms with Crippen molar-refractivity contribution in [2.24, 2.45) is 0 Å². The van der Waals surface area contributed by atoms with Crippen molar-refractivity contribution in [2.45, 2.75) is 25.4 Å². The highest BCUT2D eigenvalue weighted by atomic mass is 32.1. The minimum Gasteiger partial charge on any atom is -0.497 e. The summed E-state index contributed by atoms with van der Waals surface area (Å²) in [4.78, 5) is 1.56. The third-order valence-corrected chi connectivity index (χ3v) is 5.00. The summed E-state index contributed by atoms with van der Waals surface area (Å²) in [5.74, 6) is 1.31. The number of aryl methyl sites for hydroxylation is 2. The number of para-hydroxylation sites is 1. The second-order valence-corrected chi connectivity index (χ2v) is 6.95. The van der Waals surface area contributed by atoms with E-state index in [1.807, 2.05) is 35.0 Å². The summed E-state index contributed by atoms with van der Waals surface area (Å²) >= 11 is 4.68. The summed E-state index contributed by atoms with van der Waals surface area (Å²) in [5, 5.41) is 18.0. The van der Waals surface area contributed by atoms with E-state index in [-0.39, 0.29) is 0 Å². The van der Waals surface area contributed by atoms with E-state index in [0.717, 1.165) is 33.7 Å². The highest BCUT2D eigenvalue weighted by molar-refractivity contribution is 7.80. The maximum absolute atomic E-state index is 5.18. The van der Waals surface area contributed by atoms with Gasteiger partial charge >= 0.3 is 0 Å². The number of nitrogens with zero attached hydrogens (tertiary/aromatic N) is 6. The van der Waals surface area contributed by atoms with E-state index in [0.29, 0.717) is 17.4 Å². The average molecular weight is 392 g/mol. The number of methoxy groups -OCH3 is 1. The number of ether oxygens (including phenoxy) is 1. The zero-order valence-electron chi connectivity index (χ0n) is 15.9. The molecule has 0 aliphatic heterocycles. The highest BCUT2D eigenvalue weighted by Crippen LogP contribution is 2.28. The molecule has 0 spiro atoms. The summed E-state index contributed by atoms with van der Waals surface area (Å²) < 4.78 is 6.99. The van der Waals surface area contributed by atoms with Crippen LogP contribution in [0.5, 0.6) is 5.75 Å². The predicted molar refractivity (Wildman–Crippen MR) is 109 cm³/mol. The maximum Gasteiger partial charge on any atom is 0.209 e. The zero-order chi connectivity index (χ0) is 19.7. The molecule has 0 radical (unpaired) electrons. The van der Waals surface area contributed by atoms with E-state index < -0.39 is 0 Å². The van der Waals surface area contributed by atoms with Gasteiger partial charge in [0.2, 0.25) is 5.82 Å². The molecule has 142 valence electrons. The Morgan fingerprint density at radius 1 is 1.04 bits per heavy atom. The molecule has 0 unspecified atom stereocenters. The van der Waals surface area contributed by atoms with Gasteiger partial charge in [-0.25, -0.2) is 4.68 Å². The number of hydrogen-bond acceptors (Lipinski definition) is 6. The highest BCUT2D eigenvalue weighted by Gasteiger charge is 2.17. The van der Waals surface area contributed by atoms with Gasteiger partial charge in [0, 0.05) is 0 Å². The standard InChI is InChI=1S/C20H20N6OS/c1-13-5-4-6-14(2)18(13)26-20(28)17(11-21-26)19-22-24-25(23-19)12-15-7-9-16(27-3)10-8-15/h4-11,28H,12H2,1-3H3. The summed E-state index contributed by atoms with van der Waals surface area (Å²) in [6.07, 6.45) is 1.73. The molecule has 0 atom stereocenters. The first-order chi connectivity index (χ1) is 13.6. The molecule has 0 saturated carbocycles. The molecule has 4 rings (SSSR count). The SMILES string of the molecule is COc1ccc(Cn2nnc(-c3cnn(-c4c(C)cccc4C)c3S)n2)cc1. The maximum atomic E-state index is 5.18. The lowest BCUT2D eigenvalue weighted by molar-refractivity contribution is 0.414. The van der Waals surface area contributed by atoms with Gasteiger partial charge in [0.25, 0.3) is 0 Å². The van der Waals surface area contributed by atoms with Crippen LogP contribution in [-0.4, -0.2) is 37.1 Å². The van der Waals surface area contributed by atoms with Gasteiger partial charge in [0.1, 0.15) is 10.8 Å². The van der Waals surface area contributed by atoms with Gasteiger partial charge in [0.05, 0.1) is 31.1 Å². The summed E-state index contributed by atoms with van der Waals surface area (Å²) in [6.45, 7) is 4.63. The second kappa shape index (κ2) is 7.47. The Bertz CT molecular complexity index is 1100. The van der Waals surface area contributed by atoms with Crippen molar-refractivity contribution in [1.82, 2.24) is 30.0 Å². The molecule has 0 bridgehead atoms. The minimum absolute atomic E-state index is 0.496. The Morgan fingerprint density at radius 3 is 2.43 bits per heavy atom. The van der Waals surface area contributed by atoms with Gasteiger partial charge < -0.3 is 4.74 Å². The number of tetrazole rings is 1. The Hall–Kier alpha value is -3.13. The van der Waals surface area contributed by atoms with Crippen LogP contribution in [0.1, 0.15) is 16.7 Å². The lowest BCUT2D eigenvalue weighted by atomic mass is 10.1. The van der Waals surface area contributed by atoms with Crippen molar-refractivity contribution in [3.63, 3.8) is 0 Å². The largest absolute Gasteiger partial charge is 0.497 e. The molecule has 0 amide bonds. The Kier molecular flexibility index (Phi) is 4.87. The van der Waals surface area contributed by atoms with Gasteiger partial charge in [-0.05, 0) is 47.9 Å². The van der Waals surface area contributed by atoms with Crippen molar-refractivity contribution in [3.05, 3.63) is 65.4 Å². The lowest BCUT2D eigenvalue weighted by Crippen LogP contribution is -2.04. The molecule has 0 saturated heterocycles. The van der Waals surface area contributed by atoms with Crippen LogP contribution in [0.15, 0.2) is 53.7 Å². The van der Waals surface area contributed by atoms with Crippen molar-refractivity contribution in [2.75, 3.05) is 7.11 Å². The van der Waals surface area contributed by atoms with Crippen LogP contribution in [0.4, 0.5) is 0 Å². The second-order valence-electron chi connectivity index (χ2n) is 6.53. The Morgan fingerprint density at radius 2 is 1.75 bits per heavy atom. The first kappa shape index (κ1) is 18.2. The van der Waals surface area contributed by atoms with E-state index in [2.05, 4.69) is 59.1 Å². The quantitative estimate of drug-likeness (QED) is 0.527. The van der Waals surface area contributed by atoms with Gasteiger partial charge in [-0.3, -0.25) is 0 Å². The van der Waals surface area contributed by atoms with Crippen LogP contribution in [0.25, 0.3) is 17.1 Å². The van der Waals surface area contributed by atoms with Gasteiger partial charge in [-0.15, -0.1) is 22.8 Å². The normalized spacial score (nSPS) is 11.0. The van der Waals surface area contributed by atoms with Crippen molar-refractivity contribution in [1.29, 1.82) is 0 Å². The Balaban J connectivity index is 1.61. The first-order valence-corrected chi connectivity index (χ1v) is 9.26. The third-order valence-electron chi connectivity index (χ3n) is 4.57. The molecule has 2 heterocycles. The zero-order valence-corrected chi connectivity index (χ0v) is 16.8. The molecule has 0 N–H and O–H groups in total. The van der Waals surface area contributed by atoms with Crippen LogP contribution in [0.3, 0.4) is 0 Å². The van der Waals surface area contributed by atoms with Gasteiger partial charge in [-0.2, -0.15) is 9.90 Å². The first-order valence-electron chi connectivity index (χ1n) is 8.81. The van der Waals surface area contributed by atoms with Gasteiger partial charge in [0.15, 0.2) is 0 Å². The van der Waals surface area contributed by atoms with E-state index in [1.165, 1.54) is 0 Å². The molecule has 28 heavy (non-hydrogen) atoms. The van der Waals surface area contributed by atoms with E-state index in [4.69, 9.17) is 4.74 Å². The number of aromatic nitrogens is 6. The van der Waals surface area contributed by atoms with Crippen LogP contribution in [0.2, 0.25) is 0 Å². The molecular weight excluding hydrogens is 372 g/mol. The molecule has 7 nitrogen and oxygen atoms in total. The van der Waals surface area contributed by atoms with Crippen LogP contribution in [-0.2, 0) is 6.54 Å². The fourth-order valence-electron chi connectivity index (χ4n) is 3.12. The fourth-order valence-corrected chi connectivity index (χ4v) is 3.42. The minimum atomic E-state index is 0.496. The van der Waals surface area contributed by atoms with Crippen LogP contribution >= 0.6 is 12.6 Å². The molecule has 0 fully saturated rings. The summed E-state index contributed by atoms with van der Waals surface area (Å²) in [5.41, 5.74) is 5.07. The Labute approximate surface area is 168 Å². The molecule has 8 heteroatoms. The number of benzene rings is 2. The van der Waals surface area contributed by atoms with Crippen molar-refractivity contribution < 1.29 is 4.74 Å². The van der Waals surface area contributed by atoms with E-state index in [9.17, 15) is 0 Å². The average Bonchev–Trinajstić information content (AvgIpc) is 3.29.